The summed E-state index contributed by atoms with van der Waals surface area (Å²) in [4.78, 5) is 12.3. The van der Waals surface area contributed by atoms with Gasteiger partial charge >= 0.3 is 0 Å². The molecule has 5 nitrogen and oxygen atoms in total. The fourth-order valence-corrected chi connectivity index (χ4v) is 3.42. The average molecular weight is 310 g/mol. The van der Waals surface area contributed by atoms with E-state index >= 15 is 0 Å². The first kappa shape index (κ1) is 16.0. The topological polar surface area (TPSA) is 89.3 Å². The zero-order chi connectivity index (χ0) is 15.6. The molecule has 0 aromatic heterocycles. The number of rotatable bonds is 4. The maximum Gasteiger partial charge on any atom is 0.251 e. The number of hydrogen-bond acceptors (Lipinski definition) is 3. The zero-order valence-electron chi connectivity index (χ0n) is 12.4. The molecular formula is C15H22N2O3S. The Morgan fingerprint density at radius 3 is 2.52 bits per heavy atom. The van der Waals surface area contributed by atoms with E-state index in [4.69, 9.17) is 5.14 Å². The van der Waals surface area contributed by atoms with Crippen molar-refractivity contribution in [1.29, 1.82) is 0 Å². The number of benzene rings is 1. The normalized spacial score (nSPS) is 17.7. The number of aryl methyl sites for hydroxylation is 1. The van der Waals surface area contributed by atoms with Crippen LogP contribution in [0.4, 0.5) is 0 Å². The van der Waals surface area contributed by atoms with Crippen molar-refractivity contribution in [2.45, 2.75) is 50.5 Å². The highest BCUT2D eigenvalue weighted by Gasteiger charge is 2.24. The lowest BCUT2D eigenvalue weighted by Gasteiger charge is -2.21. The van der Waals surface area contributed by atoms with Crippen molar-refractivity contribution in [3.8, 4) is 0 Å². The third-order valence-corrected chi connectivity index (χ3v) is 5.16. The predicted molar refractivity (Wildman–Crippen MR) is 81.4 cm³/mol. The summed E-state index contributed by atoms with van der Waals surface area (Å²) >= 11 is 0. The van der Waals surface area contributed by atoms with Crippen LogP contribution in [0.2, 0.25) is 0 Å². The van der Waals surface area contributed by atoms with Crippen LogP contribution < -0.4 is 10.5 Å². The first-order valence-corrected chi connectivity index (χ1v) is 8.78. The highest BCUT2D eigenvalue weighted by Crippen LogP contribution is 2.27. The Morgan fingerprint density at radius 2 is 1.95 bits per heavy atom. The van der Waals surface area contributed by atoms with Crippen molar-refractivity contribution in [3.63, 3.8) is 0 Å². The summed E-state index contributed by atoms with van der Waals surface area (Å²) in [6.45, 7) is 3.79. The summed E-state index contributed by atoms with van der Waals surface area (Å²) in [5.41, 5.74) is 1.10. The third-order valence-electron chi connectivity index (χ3n) is 4.25. The summed E-state index contributed by atoms with van der Waals surface area (Å²) in [5.74, 6) is 0.271. The SMILES string of the molecule is Cc1ccc(S(N)(=O)=O)cc1C(=O)NC(C)C1CCCC1. The highest BCUT2D eigenvalue weighted by atomic mass is 32.2. The Bertz CT molecular complexity index is 634. The first-order chi connectivity index (χ1) is 9.79. The third kappa shape index (κ3) is 3.83. The molecule has 1 atom stereocenters. The Kier molecular flexibility index (Phi) is 4.68. The van der Waals surface area contributed by atoms with Crippen LogP contribution >= 0.6 is 0 Å². The molecule has 1 aliphatic rings. The molecule has 116 valence electrons. The smallest absolute Gasteiger partial charge is 0.251 e. The van der Waals surface area contributed by atoms with E-state index in [0.29, 0.717) is 11.5 Å². The number of carbonyl (C=O) groups excluding carboxylic acids is 1. The van der Waals surface area contributed by atoms with Crippen molar-refractivity contribution in [2.75, 3.05) is 0 Å². The number of nitrogens with one attached hydrogen (secondary N) is 1. The molecule has 1 fully saturated rings. The molecular weight excluding hydrogens is 288 g/mol. The second-order valence-corrected chi connectivity index (χ2v) is 7.39. The Balaban J connectivity index is 2.18. The van der Waals surface area contributed by atoms with Crippen molar-refractivity contribution in [1.82, 2.24) is 5.32 Å². The molecule has 0 radical (unpaired) electrons. The van der Waals surface area contributed by atoms with Crippen LogP contribution in [0.3, 0.4) is 0 Å². The van der Waals surface area contributed by atoms with Crippen LogP contribution in [-0.4, -0.2) is 20.4 Å². The zero-order valence-corrected chi connectivity index (χ0v) is 13.2. The van der Waals surface area contributed by atoms with Gasteiger partial charge in [0.15, 0.2) is 0 Å². The average Bonchev–Trinajstić information content (AvgIpc) is 2.91. The molecule has 3 N–H and O–H groups in total. The number of carbonyl (C=O) groups is 1. The highest BCUT2D eigenvalue weighted by molar-refractivity contribution is 7.89. The lowest BCUT2D eigenvalue weighted by atomic mass is 9.99. The van der Waals surface area contributed by atoms with E-state index in [1.54, 1.807) is 13.0 Å². The molecule has 0 saturated heterocycles. The number of sulfonamides is 1. The number of primary sulfonamides is 1. The van der Waals surface area contributed by atoms with Crippen LogP contribution in [-0.2, 0) is 10.0 Å². The minimum absolute atomic E-state index is 0.0354. The maximum atomic E-state index is 12.4. The van der Waals surface area contributed by atoms with E-state index in [9.17, 15) is 13.2 Å². The molecule has 1 aromatic rings. The molecule has 0 heterocycles. The van der Waals surface area contributed by atoms with Gasteiger partial charge in [0.05, 0.1) is 4.90 Å². The summed E-state index contributed by atoms with van der Waals surface area (Å²) in [7, 11) is -3.80. The van der Waals surface area contributed by atoms with Crippen LogP contribution in [0.1, 0.15) is 48.5 Å². The summed E-state index contributed by atoms with van der Waals surface area (Å²) in [5, 5.41) is 8.10. The molecule has 1 aliphatic carbocycles. The lowest BCUT2D eigenvalue weighted by Crippen LogP contribution is -2.37. The Hall–Kier alpha value is -1.40. The van der Waals surface area contributed by atoms with Crippen LogP contribution in [0, 0.1) is 12.8 Å². The van der Waals surface area contributed by atoms with Crippen molar-refractivity contribution >= 4 is 15.9 Å². The fourth-order valence-electron chi connectivity index (χ4n) is 2.88. The lowest BCUT2D eigenvalue weighted by molar-refractivity contribution is 0.0926. The van der Waals surface area contributed by atoms with Gasteiger partial charge in [0.2, 0.25) is 10.0 Å². The molecule has 21 heavy (non-hydrogen) atoms. The van der Waals surface area contributed by atoms with E-state index in [1.807, 2.05) is 6.92 Å². The van der Waals surface area contributed by atoms with Crippen LogP contribution in [0.15, 0.2) is 23.1 Å². The minimum atomic E-state index is -3.80. The molecule has 0 spiro atoms. The molecule has 1 aromatic carbocycles. The van der Waals surface area contributed by atoms with Gasteiger partial charge in [-0.1, -0.05) is 18.9 Å². The van der Waals surface area contributed by atoms with Gasteiger partial charge in [0.25, 0.3) is 5.91 Å². The molecule has 0 aliphatic heterocycles. The molecule has 0 bridgehead atoms. The first-order valence-electron chi connectivity index (χ1n) is 7.23. The van der Waals surface area contributed by atoms with E-state index < -0.39 is 10.0 Å². The van der Waals surface area contributed by atoms with E-state index in [2.05, 4.69) is 5.32 Å². The second kappa shape index (κ2) is 6.15. The second-order valence-electron chi connectivity index (χ2n) is 5.83. The molecule has 1 amide bonds. The van der Waals surface area contributed by atoms with Gasteiger partial charge in [-0.2, -0.15) is 0 Å². The fraction of sp³-hybridized carbons (Fsp3) is 0.533. The van der Waals surface area contributed by atoms with Crippen molar-refractivity contribution < 1.29 is 13.2 Å². The minimum Gasteiger partial charge on any atom is -0.349 e. The summed E-state index contributed by atoms with van der Waals surface area (Å²) in [6, 6.07) is 4.47. The van der Waals surface area contributed by atoms with E-state index in [1.165, 1.54) is 25.0 Å². The Morgan fingerprint density at radius 1 is 1.33 bits per heavy atom. The van der Waals surface area contributed by atoms with Gasteiger partial charge < -0.3 is 5.32 Å². The van der Waals surface area contributed by atoms with Gasteiger partial charge in [0.1, 0.15) is 0 Å². The molecule has 6 heteroatoms. The number of hydrogen-bond donors (Lipinski definition) is 2. The summed E-state index contributed by atoms with van der Waals surface area (Å²) < 4.78 is 22.8. The number of nitrogens with two attached hydrogens (primary N) is 1. The predicted octanol–water partition coefficient (Wildman–Crippen LogP) is 1.95. The quantitative estimate of drug-likeness (QED) is 0.890. The summed E-state index contributed by atoms with van der Waals surface area (Å²) in [6.07, 6.45) is 4.70. The monoisotopic (exact) mass is 310 g/mol. The van der Waals surface area contributed by atoms with Crippen LogP contribution in [0.5, 0.6) is 0 Å². The molecule has 2 rings (SSSR count). The van der Waals surface area contributed by atoms with Crippen LogP contribution in [0.25, 0.3) is 0 Å². The Labute approximate surface area is 126 Å². The maximum absolute atomic E-state index is 12.4. The largest absolute Gasteiger partial charge is 0.349 e. The van der Waals surface area contributed by atoms with Gasteiger partial charge in [-0.05, 0) is 50.3 Å². The molecule has 1 unspecified atom stereocenters. The van der Waals surface area contributed by atoms with Gasteiger partial charge in [-0.15, -0.1) is 0 Å². The van der Waals surface area contributed by atoms with Gasteiger partial charge in [0, 0.05) is 11.6 Å². The van der Waals surface area contributed by atoms with E-state index in [0.717, 1.165) is 18.4 Å². The van der Waals surface area contributed by atoms with Gasteiger partial charge in [-0.3, -0.25) is 4.79 Å². The number of amides is 1. The standard InChI is InChI=1S/C15H22N2O3S/c1-10-7-8-13(21(16,19)20)9-14(10)15(18)17-11(2)12-5-3-4-6-12/h7-9,11-12H,3-6H2,1-2H3,(H,17,18)(H2,16,19,20). The van der Waals surface area contributed by atoms with Crippen molar-refractivity contribution in [2.24, 2.45) is 11.1 Å². The van der Waals surface area contributed by atoms with E-state index in [-0.39, 0.29) is 16.8 Å². The van der Waals surface area contributed by atoms with Gasteiger partial charge in [-0.25, -0.2) is 13.6 Å². The van der Waals surface area contributed by atoms with Crippen molar-refractivity contribution in [3.05, 3.63) is 29.3 Å². The molecule has 1 saturated carbocycles.